The van der Waals surface area contributed by atoms with Gasteiger partial charge in [0, 0.05) is 5.56 Å². The van der Waals surface area contributed by atoms with Gasteiger partial charge in [-0.15, -0.1) is 11.6 Å². The Labute approximate surface area is 86.1 Å². The number of hydrogen-bond acceptors (Lipinski definition) is 2. The van der Waals surface area contributed by atoms with Crippen LogP contribution in [0, 0.1) is 6.92 Å². The second-order valence-electron chi connectivity index (χ2n) is 2.68. The van der Waals surface area contributed by atoms with Crippen molar-refractivity contribution >= 4 is 29.0 Å². The predicted octanol–water partition coefficient (Wildman–Crippen LogP) is 2.78. The Morgan fingerprint density at radius 2 is 2.15 bits per heavy atom. The summed E-state index contributed by atoms with van der Waals surface area (Å²) in [7, 11) is 0. The van der Waals surface area contributed by atoms with E-state index < -0.39 is 0 Å². The molecule has 4 heteroatoms. The van der Waals surface area contributed by atoms with Crippen LogP contribution in [0.5, 0.6) is 5.75 Å². The zero-order valence-corrected chi connectivity index (χ0v) is 8.49. The topological polar surface area (TPSA) is 37.3 Å². The first-order valence-corrected chi connectivity index (χ1v) is 4.55. The van der Waals surface area contributed by atoms with E-state index in [-0.39, 0.29) is 22.4 Å². The number of aromatic hydroxyl groups is 1. The molecule has 0 aliphatic heterocycles. The first kappa shape index (κ1) is 10.4. The van der Waals surface area contributed by atoms with E-state index in [0.717, 1.165) is 0 Å². The maximum Gasteiger partial charge on any atom is 0.177 e. The molecule has 0 saturated heterocycles. The van der Waals surface area contributed by atoms with Crippen molar-refractivity contribution in [1.82, 2.24) is 0 Å². The third-order valence-electron chi connectivity index (χ3n) is 1.70. The molecule has 13 heavy (non-hydrogen) atoms. The molecule has 0 bridgehead atoms. The fourth-order valence-electron chi connectivity index (χ4n) is 0.975. The van der Waals surface area contributed by atoms with Gasteiger partial charge in [0.25, 0.3) is 0 Å². The molecular weight excluding hydrogens is 211 g/mol. The minimum absolute atomic E-state index is 0.00721. The van der Waals surface area contributed by atoms with Crippen molar-refractivity contribution in [2.24, 2.45) is 0 Å². The molecule has 0 aliphatic carbocycles. The van der Waals surface area contributed by atoms with Gasteiger partial charge >= 0.3 is 0 Å². The number of phenolic OH excluding ortho intramolecular Hbond substituents is 1. The van der Waals surface area contributed by atoms with E-state index in [1.165, 1.54) is 6.07 Å². The minimum Gasteiger partial charge on any atom is -0.506 e. The number of aryl methyl sites for hydroxylation is 1. The predicted molar refractivity (Wildman–Crippen MR) is 52.9 cm³/mol. The third kappa shape index (κ3) is 2.14. The van der Waals surface area contributed by atoms with Gasteiger partial charge in [-0.3, -0.25) is 4.79 Å². The average molecular weight is 219 g/mol. The number of carbonyl (C=O) groups excluding carboxylic acids is 1. The normalized spacial score (nSPS) is 10.1. The summed E-state index contributed by atoms with van der Waals surface area (Å²) in [4.78, 5) is 11.2. The molecule has 0 fully saturated rings. The summed E-state index contributed by atoms with van der Waals surface area (Å²) in [6, 6.07) is 2.97. The molecule has 0 radical (unpaired) electrons. The number of Topliss-reactive ketones (excluding diaryl/α,β-unsaturated/α-hetero) is 1. The standard InChI is InChI=1S/C9H8Cl2O2/c1-5-2-6(8(12)4-10)3-7(11)9(5)13/h2-3,13H,4H2,1H3. The molecule has 0 amide bonds. The monoisotopic (exact) mass is 218 g/mol. The first-order valence-electron chi connectivity index (χ1n) is 3.64. The van der Waals surface area contributed by atoms with E-state index >= 15 is 0 Å². The smallest absolute Gasteiger partial charge is 0.177 e. The zero-order chi connectivity index (χ0) is 10.0. The average Bonchev–Trinajstić information content (AvgIpc) is 2.12. The van der Waals surface area contributed by atoms with Crippen molar-refractivity contribution in [3.05, 3.63) is 28.3 Å². The highest BCUT2D eigenvalue weighted by molar-refractivity contribution is 6.33. The van der Waals surface area contributed by atoms with Crippen LogP contribution in [0.1, 0.15) is 15.9 Å². The Bertz CT molecular complexity index is 324. The van der Waals surface area contributed by atoms with Crippen molar-refractivity contribution in [2.75, 3.05) is 5.88 Å². The van der Waals surface area contributed by atoms with E-state index in [2.05, 4.69) is 0 Å². The molecule has 70 valence electrons. The Hall–Kier alpha value is -0.730. The maximum absolute atomic E-state index is 11.2. The van der Waals surface area contributed by atoms with E-state index in [0.29, 0.717) is 11.1 Å². The summed E-state index contributed by atoms with van der Waals surface area (Å²) >= 11 is 11.1. The van der Waals surface area contributed by atoms with E-state index in [1.54, 1.807) is 13.0 Å². The summed E-state index contributed by atoms with van der Waals surface area (Å²) in [5, 5.41) is 9.48. The Kier molecular flexibility index (Phi) is 3.17. The molecule has 1 N–H and O–H groups in total. The molecule has 1 aromatic rings. The van der Waals surface area contributed by atoms with E-state index in [4.69, 9.17) is 23.2 Å². The summed E-state index contributed by atoms with van der Waals surface area (Å²) in [5.74, 6) is -0.278. The molecule has 0 unspecified atom stereocenters. The Balaban J connectivity index is 3.20. The van der Waals surface area contributed by atoms with Crippen molar-refractivity contribution in [3.63, 3.8) is 0 Å². The van der Waals surface area contributed by atoms with Gasteiger partial charge in [0.1, 0.15) is 5.75 Å². The number of ketones is 1. The number of phenols is 1. The summed E-state index contributed by atoms with van der Waals surface area (Å²) < 4.78 is 0. The van der Waals surface area contributed by atoms with Gasteiger partial charge in [-0.25, -0.2) is 0 Å². The SMILES string of the molecule is Cc1cc(C(=O)CCl)cc(Cl)c1O. The highest BCUT2D eigenvalue weighted by Crippen LogP contribution is 2.28. The van der Waals surface area contributed by atoms with Gasteiger partial charge in [0.15, 0.2) is 5.78 Å². The number of benzene rings is 1. The largest absolute Gasteiger partial charge is 0.506 e. The third-order valence-corrected chi connectivity index (χ3v) is 2.23. The van der Waals surface area contributed by atoms with Crippen LogP contribution in [-0.2, 0) is 0 Å². The molecule has 0 heterocycles. The number of carbonyl (C=O) groups is 1. The highest BCUT2D eigenvalue weighted by atomic mass is 35.5. The van der Waals surface area contributed by atoms with Gasteiger partial charge < -0.3 is 5.11 Å². The fraction of sp³-hybridized carbons (Fsp3) is 0.222. The van der Waals surface area contributed by atoms with Gasteiger partial charge in [-0.05, 0) is 24.6 Å². The van der Waals surface area contributed by atoms with Crippen molar-refractivity contribution in [1.29, 1.82) is 0 Å². The molecule has 1 aromatic carbocycles. The number of halogens is 2. The van der Waals surface area contributed by atoms with Crippen LogP contribution in [0.25, 0.3) is 0 Å². The second kappa shape index (κ2) is 3.99. The van der Waals surface area contributed by atoms with Crippen molar-refractivity contribution in [3.8, 4) is 5.75 Å². The highest BCUT2D eigenvalue weighted by Gasteiger charge is 2.09. The molecule has 0 aromatic heterocycles. The fourth-order valence-corrected chi connectivity index (χ4v) is 1.40. The summed E-state index contributed by atoms with van der Waals surface area (Å²) in [6.45, 7) is 1.67. The Morgan fingerprint density at radius 1 is 1.54 bits per heavy atom. The quantitative estimate of drug-likeness (QED) is 0.613. The van der Waals surface area contributed by atoms with Crippen LogP contribution in [0.2, 0.25) is 5.02 Å². The number of alkyl halides is 1. The molecule has 0 atom stereocenters. The second-order valence-corrected chi connectivity index (χ2v) is 3.35. The molecule has 2 nitrogen and oxygen atoms in total. The zero-order valence-electron chi connectivity index (χ0n) is 6.97. The lowest BCUT2D eigenvalue weighted by Crippen LogP contribution is -2.00. The molecule has 1 rings (SSSR count). The van der Waals surface area contributed by atoms with Crippen LogP contribution in [-0.4, -0.2) is 16.8 Å². The van der Waals surface area contributed by atoms with Crippen LogP contribution in [0.15, 0.2) is 12.1 Å². The lowest BCUT2D eigenvalue weighted by molar-refractivity contribution is 0.102. The van der Waals surface area contributed by atoms with Crippen LogP contribution < -0.4 is 0 Å². The summed E-state index contributed by atoms with van der Waals surface area (Å²) in [5.41, 5.74) is 0.997. The molecule has 0 saturated carbocycles. The van der Waals surface area contributed by atoms with Crippen LogP contribution >= 0.6 is 23.2 Å². The van der Waals surface area contributed by atoms with Crippen molar-refractivity contribution in [2.45, 2.75) is 6.92 Å². The van der Waals surface area contributed by atoms with Crippen molar-refractivity contribution < 1.29 is 9.90 Å². The van der Waals surface area contributed by atoms with Gasteiger partial charge in [-0.2, -0.15) is 0 Å². The van der Waals surface area contributed by atoms with Crippen LogP contribution in [0.3, 0.4) is 0 Å². The maximum atomic E-state index is 11.2. The molecule has 0 spiro atoms. The lowest BCUT2D eigenvalue weighted by Gasteiger charge is -2.04. The van der Waals surface area contributed by atoms with Crippen LogP contribution in [0.4, 0.5) is 0 Å². The van der Waals surface area contributed by atoms with Gasteiger partial charge in [0.05, 0.1) is 10.9 Å². The van der Waals surface area contributed by atoms with E-state index in [9.17, 15) is 9.90 Å². The summed E-state index contributed by atoms with van der Waals surface area (Å²) in [6.07, 6.45) is 0. The minimum atomic E-state index is -0.202. The number of hydrogen-bond donors (Lipinski definition) is 1. The first-order chi connectivity index (χ1) is 6.06. The van der Waals surface area contributed by atoms with Gasteiger partial charge in [-0.1, -0.05) is 11.6 Å². The Morgan fingerprint density at radius 3 is 2.62 bits per heavy atom. The lowest BCUT2D eigenvalue weighted by atomic mass is 10.1. The number of rotatable bonds is 2. The van der Waals surface area contributed by atoms with E-state index in [1.807, 2.05) is 0 Å². The molecular formula is C9H8Cl2O2. The molecule has 0 aliphatic rings. The van der Waals surface area contributed by atoms with Gasteiger partial charge in [0.2, 0.25) is 0 Å².